The Balaban J connectivity index is 1.55. The van der Waals surface area contributed by atoms with E-state index in [4.69, 9.17) is 9.84 Å². The molecule has 0 atom stereocenters. The predicted molar refractivity (Wildman–Crippen MR) is 137 cm³/mol. The number of aromatic nitrogens is 1. The third-order valence-corrected chi connectivity index (χ3v) is 8.09. The molecule has 2 aliphatic rings. The van der Waals surface area contributed by atoms with Crippen molar-refractivity contribution in [3.05, 3.63) is 41.6 Å². The zero-order chi connectivity index (χ0) is 27.6. The molecule has 0 radical (unpaired) electrons. The zero-order valence-electron chi connectivity index (χ0n) is 21.0. The largest absolute Gasteiger partial charge is 0.477 e. The molecular weight excluding hydrogens is 525 g/mol. The molecule has 0 unspecified atom stereocenters. The molecule has 1 aliphatic heterocycles. The molecule has 2 heterocycles. The second-order valence-electron chi connectivity index (χ2n) is 9.87. The van der Waals surface area contributed by atoms with E-state index >= 15 is 0 Å². The molecule has 9 nitrogen and oxygen atoms in total. The summed E-state index contributed by atoms with van der Waals surface area (Å²) in [5.41, 5.74) is 2.29. The van der Waals surface area contributed by atoms with Crippen molar-refractivity contribution >= 4 is 33.0 Å². The fraction of sp³-hybridized carbons (Fsp3) is 0.520. The lowest BCUT2D eigenvalue weighted by molar-refractivity contribution is -0.139. The molecule has 4 rings (SSSR count). The molecule has 208 valence electrons. The Hall–Kier alpha value is -3.06. The highest BCUT2D eigenvalue weighted by molar-refractivity contribution is 7.92. The summed E-state index contributed by atoms with van der Waals surface area (Å²) in [6.45, 7) is 1.95. The number of anilines is 3. The van der Waals surface area contributed by atoms with Gasteiger partial charge in [0.1, 0.15) is 0 Å². The number of halogens is 3. The van der Waals surface area contributed by atoms with Crippen LogP contribution in [-0.4, -0.2) is 62.6 Å². The Kier molecular flexibility index (Phi) is 8.07. The minimum absolute atomic E-state index is 0.0378. The van der Waals surface area contributed by atoms with Crippen LogP contribution in [0.15, 0.2) is 30.3 Å². The van der Waals surface area contributed by atoms with Gasteiger partial charge in [-0.2, -0.15) is 13.2 Å². The van der Waals surface area contributed by atoms with E-state index in [1.165, 1.54) is 31.0 Å². The quantitative estimate of drug-likeness (QED) is 0.403. The van der Waals surface area contributed by atoms with Crippen LogP contribution in [0, 0.1) is 12.3 Å². The molecule has 1 aromatic heterocycles. The number of hydrogen-bond acceptors (Lipinski definition) is 7. The fourth-order valence-corrected chi connectivity index (χ4v) is 5.38. The van der Waals surface area contributed by atoms with E-state index in [0.717, 1.165) is 25.9 Å². The monoisotopic (exact) mass is 556 g/mol. The molecule has 1 spiro atoms. The normalized spacial score (nSPS) is 16.8. The maximum Gasteiger partial charge on any atom is 0.392 e. The van der Waals surface area contributed by atoms with Gasteiger partial charge in [-0.05, 0) is 62.3 Å². The second kappa shape index (κ2) is 11.0. The number of carbonyl (C=O) groups is 1. The van der Waals surface area contributed by atoms with Crippen molar-refractivity contribution in [1.29, 1.82) is 0 Å². The standard InChI is InChI=1S/C25H31F3N4O5S/c1-17-14-19(16-22(29-17)37-12-8-25(26,27)28)30-23(34)20-3-2-18(31-38(35,36)13-11-33)15-21(20)32-9-6-24(4-5-24)7-10-32/h2-3,14-16,31,33H,4-13H2,1H3,(H,29,30,34). The van der Waals surface area contributed by atoms with Crippen LogP contribution in [0.5, 0.6) is 5.88 Å². The Labute approximate surface area is 219 Å². The lowest BCUT2D eigenvalue weighted by Gasteiger charge is -2.35. The van der Waals surface area contributed by atoms with Crippen molar-refractivity contribution < 1.29 is 36.2 Å². The Morgan fingerprint density at radius 1 is 1.13 bits per heavy atom. The van der Waals surface area contributed by atoms with E-state index in [2.05, 4.69) is 19.9 Å². The van der Waals surface area contributed by atoms with Crippen molar-refractivity contribution in [1.82, 2.24) is 4.98 Å². The number of benzene rings is 1. The molecule has 38 heavy (non-hydrogen) atoms. The lowest BCUT2D eigenvalue weighted by atomic mass is 9.93. The predicted octanol–water partition coefficient (Wildman–Crippen LogP) is 4.09. The van der Waals surface area contributed by atoms with E-state index in [0.29, 0.717) is 28.0 Å². The smallest absolute Gasteiger partial charge is 0.392 e. The second-order valence-corrected chi connectivity index (χ2v) is 11.7. The summed E-state index contributed by atoms with van der Waals surface area (Å²) in [7, 11) is -3.76. The number of rotatable bonds is 10. The highest BCUT2D eigenvalue weighted by Crippen LogP contribution is 2.54. The van der Waals surface area contributed by atoms with E-state index in [9.17, 15) is 26.4 Å². The molecule has 1 aromatic carbocycles. The van der Waals surface area contributed by atoms with Crippen LogP contribution in [0.2, 0.25) is 0 Å². The number of nitrogens with zero attached hydrogens (tertiary/aromatic N) is 2. The molecular formula is C25H31F3N4O5S. The number of carbonyl (C=O) groups excluding carboxylic acids is 1. The SMILES string of the molecule is Cc1cc(NC(=O)c2ccc(NS(=O)(=O)CCO)cc2N2CCC3(CC2)CC3)cc(OCCC(F)(F)F)n1. The van der Waals surface area contributed by atoms with Crippen LogP contribution in [0.3, 0.4) is 0 Å². The molecule has 0 bridgehead atoms. The average molecular weight is 557 g/mol. The Morgan fingerprint density at radius 3 is 2.47 bits per heavy atom. The van der Waals surface area contributed by atoms with Crippen LogP contribution in [0.25, 0.3) is 0 Å². The average Bonchev–Trinajstić information content (AvgIpc) is 3.56. The molecule has 1 amide bonds. The summed E-state index contributed by atoms with van der Waals surface area (Å²) in [4.78, 5) is 19.5. The number of aliphatic hydroxyl groups excluding tert-OH is 1. The summed E-state index contributed by atoms with van der Waals surface area (Å²) in [5, 5.41) is 11.8. The van der Waals surface area contributed by atoms with Gasteiger partial charge in [0, 0.05) is 30.5 Å². The van der Waals surface area contributed by atoms with Gasteiger partial charge in [-0.25, -0.2) is 13.4 Å². The minimum atomic E-state index is -4.36. The van der Waals surface area contributed by atoms with E-state index < -0.39 is 47.5 Å². The van der Waals surface area contributed by atoms with Crippen molar-refractivity contribution in [3.63, 3.8) is 0 Å². The van der Waals surface area contributed by atoms with Gasteiger partial charge in [-0.1, -0.05) is 0 Å². The Bertz CT molecular complexity index is 1270. The maximum atomic E-state index is 13.4. The van der Waals surface area contributed by atoms with Gasteiger partial charge < -0.3 is 20.1 Å². The van der Waals surface area contributed by atoms with Crippen molar-refractivity contribution in [2.24, 2.45) is 5.41 Å². The first-order valence-corrected chi connectivity index (χ1v) is 14.0. The zero-order valence-corrected chi connectivity index (χ0v) is 21.8. The highest BCUT2D eigenvalue weighted by Gasteiger charge is 2.44. The molecule has 1 aliphatic carbocycles. The number of ether oxygens (including phenoxy) is 1. The number of pyridine rings is 1. The van der Waals surface area contributed by atoms with E-state index in [1.807, 2.05) is 0 Å². The van der Waals surface area contributed by atoms with Crippen LogP contribution < -0.4 is 19.7 Å². The van der Waals surface area contributed by atoms with Gasteiger partial charge >= 0.3 is 6.18 Å². The van der Waals surface area contributed by atoms with Crippen molar-refractivity contribution in [3.8, 4) is 5.88 Å². The van der Waals surface area contributed by atoms with Gasteiger partial charge in [0.15, 0.2) is 0 Å². The van der Waals surface area contributed by atoms with Gasteiger partial charge in [0.25, 0.3) is 5.91 Å². The first-order chi connectivity index (χ1) is 17.9. The van der Waals surface area contributed by atoms with Gasteiger partial charge in [-0.15, -0.1) is 0 Å². The maximum absolute atomic E-state index is 13.4. The van der Waals surface area contributed by atoms with Crippen LogP contribution in [0.4, 0.5) is 30.2 Å². The van der Waals surface area contributed by atoms with Gasteiger partial charge in [0.2, 0.25) is 15.9 Å². The fourth-order valence-electron chi connectivity index (χ4n) is 4.55. The summed E-state index contributed by atoms with van der Waals surface area (Å²) in [6, 6.07) is 7.54. The summed E-state index contributed by atoms with van der Waals surface area (Å²) in [5.74, 6) is -0.960. The molecule has 2 aromatic rings. The summed E-state index contributed by atoms with van der Waals surface area (Å²) in [6.07, 6.45) is -1.12. The lowest BCUT2D eigenvalue weighted by Crippen LogP contribution is -2.35. The number of hydrogen-bond donors (Lipinski definition) is 3. The number of amides is 1. The molecule has 13 heteroatoms. The minimum Gasteiger partial charge on any atom is -0.477 e. The van der Waals surface area contributed by atoms with Crippen molar-refractivity contribution in [2.45, 2.75) is 45.2 Å². The number of piperidine rings is 1. The van der Waals surface area contributed by atoms with Crippen LogP contribution in [0.1, 0.15) is 48.2 Å². The number of alkyl halides is 3. The van der Waals surface area contributed by atoms with Crippen LogP contribution >= 0.6 is 0 Å². The topological polar surface area (TPSA) is 121 Å². The first-order valence-electron chi connectivity index (χ1n) is 12.4. The van der Waals surface area contributed by atoms with E-state index in [-0.39, 0.29) is 11.6 Å². The molecule has 1 saturated carbocycles. The molecule has 2 fully saturated rings. The number of sulfonamides is 1. The number of nitrogens with one attached hydrogen (secondary N) is 2. The highest BCUT2D eigenvalue weighted by atomic mass is 32.2. The summed E-state index contributed by atoms with van der Waals surface area (Å²) < 4.78 is 69.3. The molecule has 3 N–H and O–H groups in total. The number of aryl methyl sites for hydroxylation is 1. The molecule has 1 saturated heterocycles. The van der Waals surface area contributed by atoms with Crippen molar-refractivity contribution in [2.75, 3.05) is 47.0 Å². The Morgan fingerprint density at radius 2 is 1.84 bits per heavy atom. The van der Waals surface area contributed by atoms with E-state index in [1.54, 1.807) is 19.1 Å². The summed E-state index contributed by atoms with van der Waals surface area (Å²) >= 11 is 0. The number of aliphatic hydroxyl groups is 1. The third kappa shape index (κ3) is 7.50. The van der Waals surface area contributed by atoms with Crippen LogP contribution in [-0.2, 0) is 10.0 Å². The van der Waals surface area contributed by atoms with Gasteiger partial charge in [-0.3, -0.25) is 9.52 Å². The third-order valence-electron chi connectivity index (χ3n) is 6.82. The first kappa shape index (κ1) is 28.0. The van der Waals surface area contributed by atoms with Gasteiger partial charge in [0.05, 0.1) is 42.3 Å².